The number of aliphatic hydroxyl groups is 1. The zero-order valence-electron chi connectivity index (χ0n) is 12.9. The molecule has 0 fully saturated rings. The zero-order chi connectivity index (χ0) is 17.8. The molecular formula is C14H18F2O6S. The van der Waals surface area contributed by atoms with Crippen LogP contribution in [0.1, 0.15) is 19.4 Å². The highest BCUT2D eigenvalue weighted by atomic mass is 32.2. The second-order valence-electron chi connectivity index (χ2n) is 5.38. The van der Waals surface area contributed by atoms with Gasteiger partial charge in [-0.3, -0.25) is 8.98 Å². The number of esters is 1. The number of hydrogen-bond acceptors (Lipinski definition) is 6. The highest BCUT2D eigenvalue weighted by Crippen LogP contribution is 2.26. The van der Waals surface area contributed by atoms with E-state index in [1.807, 2.05) is 0 Å². The highest BCUT2D eigenvalue weighted by Gasteiger charge is 2.36. The van der Waals surface area contributed by atoms with Crippen LogP contribution in [0.5, 0.6) is 0 Å². The number of halogens is 2. The lowest BCUT2D eigenvalue weighted by Crippen LogP contribution is -2.39. The predicted octanol–water partition coefficient (Wildman–Crippen LogP) is 1.33. The predicted molar refractivity (Wildman–Crippen MR) is 76.8 cm³/mol. The Morgan fingerprint density at radius 3 is 2.39 bits per heavy atom. The van der Waals surface area contributed by atoms with E-state index < -0.39 is 58.0 Å². The number of hydrogen-bond donors (Lipinski definition) is 1. The summed E-state index contributed by atoms with van der Waals surface area (Å²) in [5, 5.41) is 10.5. The minimum atomic E-state index is -3.94. The van der Waals surface area contributed by atoms with E-state index in [4.69, 9.17) is 4.74 Å². The minimum Gasteiger partial charge on any atom is -0.462 e. The van der Waals surface area contributed by atoms with Gasteiger partial charge in [0.1, 0.15) is 24.8 Å². The molecule has 1 aromatic rings. The molecule has 0 amide bonds. The molecule has 1 N–H and O–H groups in total. The van der Waals surface area contributed by atoms with E-state index in [9.17, 15) is 27.1 Å². The van der Waals surface area contributed by atoms with Crippen LogP contribution in [0.15, 0.2) is 18.2 Å². The fraction of sp³-hybridized carbons (Fsp3) is 0.500. The van der Waals surface area contributed by atoms with E-state index in [0.29, 0.717) is 6.07 Å². The summed E-state index contributed by atoms with van der Waals surface area (Å²) in [5.74, 6) is -3.18. The van der Waals surface area contributed by atoms with Gasteiger partial charge in [0.15, 0.2) is 5.60 Å². The summed E-state index contributed by atoms with van der Waals surface area (Å²) in [5.41, 5.74) is -2.73. The van der Waals surface area contributed by atoms with Gasteiger partial charge in [-0.15, -0.1) is 0 Å². The Bertz CT molecular complexity index is 674. The second-order valence-corrected chi connectivity index (χ2v) is 7.03. The Hall–Kier alpha value is -1.58. The molecule has 0 spiro atoms. The Morgan fingerprint density at radius 2 is 1.91 bits per heavy atom. The summed E-state index contributed by atoms with van der Waals surface area (Å²) in [6.07, 6.45) is 0.745. The molecule has 9 heteroatoms. The van der Waals surface area contributed by atoms with Crippen molar-refractivity contribution in [3.05, 3.63) is 35.4 Å². The van der Waals surface area contributed by atoms with Crippen LogP contribution in [0.2, 0.25) is 0 Å². The summed E-state index contributed by atoms with van der Waals surface area (Å²) in [6, 6.07) is 2.33. The Labute approximate surface area is 133 Å². The second kappa shape index (κ2) is 7.33. The molecule has 1 rings (SSSR count). The first kappa shape index (κ1) is 19.5. The van der Waals surface area contributed by atoms with Gasteiger partial charge in [0, 0.05) is 11.6 Å². The molecule has 0 radical (unpaired) electrons. The van der Waals surface area contributed by atoms with Crippen LogP contribution in [-0.4, -0.2) is 39.0 Å². The molecule has 23 heavy (non-hydrogen) atoms. The average molecular weight is 352 g/mol. The van der Waals surface area contributed by atoms with Gasteiger partial charge in [-0.1, -0.05) is 19.9 Å². The number of benzene rings is 1. The fourth-order valence-electron chi connectivity index (χ4n) is 1.63. The molecule has 6 nitrogen and oxygen atoms in total. The quantitative estimate of drug-likeness (QED) is 0.588. The van der Waals surface area contributed by atoms with Gasteiger partial charge >= 0.3 is 5.97 Å². The van der Waals surface area contributed by atoms with Crippen molar-refractivity contribution >= 4 is 16.1 Å². The lowest BCUT2D eigenvalue weighted by molar-refractivity contribution is -0.158. The van der Waals surface area contributed by atoms with Crippen molar-refractivity contribution in [2.45, 2.75) is 19.4 Å². The van der Waals surface area contributed by atoms with Crippen LogP contribution in [0.3, 0.4) is 0 Å². The van der Waals surface area contributed by atoms with Gasteiger partial charge < -0.3 is 9.84 Å². The highest BCUT2D eigenvalue weighted by molar-refractivity contribution is 7.85. The van der Waals surface area contributed by atoms with E-state index in [0.717, 1.165) is 18.4 Å². The summed E-state index contributed by atoms with van der Waals surface area (Å²) in [4.78, 5) is 11.5. The number of ether oxygens (including phenoxy) is 1. The van der Waals surface area contributed by atoms with E-state index >= 15 is 0 Å². The maximum atomic E-state index is 13.9. The van der Waals surface area contributed by atoms with Crippen LogP contribution in [0.25, 0.3) is 0 Å². The third-order valence-corrected chi connectivity index (χ3v) is 3.41. The van der Waals surface area contributed by atoms with Gasteiger partial charge in [-0.25, -0.2) is 8.78 Å². The van der Waals surface area contributed by atoms with Crippen LogP contribution < -0.4 is 0 Å². The number of rotatable bonds is 7. The first-order chi connectivity index (χ1) is 10.4. The van der Waals surface area contributed by atoms with E-state index in [1.54, 1.807) is 13.8 Å². The van der Waals surface area contributed by atoms with Crippen molar-refractivity contribution in [2.24, 2.45) is 5.92 Å². The number of carbonyl (C=O) groups excluding carboxylic acids is 1. The van der Waals surface area contributed by atoms with E-state index in [2.05, 4.69) is 4.18 Å². The van der Waals surface area contributed by atoms with E-state index in [-0.39, 0.29) is 0 Å². The molecule has 0 heterocycles. The lowest BCUT2D eigenvalue weighted by atomic mass is 9.95. The average Bonchev–Trinajstić information content (AvgIpc) is 2.41. The van der Waals surface area contributed by atoms with Gasteiger partial charge in [-0.05, 0) is 6.07 Å². The summed E-state index contributed by atoms with van der Waals surface area (Å²) >= 11 is 0. The van der Waals surface area contributed by atoms with Crippen molar-refractivity contribution in [3.63, 3.8) is 0 Å². The van der Waals surface area contributed by atoms with Crippen LogP contribution in [0, 0.1) is 17.6 Å². The first-order valence-corrected chi connectivity index (χ1v) is 8.45. The minimum absolute atomic E-state index is 0.445. The molecule has 1 atom stereocenters. The third-order valence-electron chi connectivity index (χ3n) is 2.87. The van der Waals surface area contributed by atoms with Gasteiger partial charge in [0.2, 0.25) is 0 Å². The van der Waals surface area contributed by atoms with Crippen molar-refractivity contribution in [3.8, 4) is 0 Å². The molecule has 0 saturated carbocycles. The van der Waals surface area contributed by atoms with Gasteiger partial charge in [0.05, 0.1) is 12.2 Å². The molecule has 0 aromatic heterocycles. The first-order valence-electron chi connectivity index (χ1n) is 6.63. The SMILES string of the molecule is CC(C)C(=O)OCC(O)(COS(C)(=O)=O)c1ccc(F)cc1F. The van der Waals surface area contributed by atoms with Crippen molar-refractivity contribution < 1.29 is 36.0 Å². The largest absolute Gasteiger partial charge is 0.462 e. The maximum Gasteiger partial charge on any atom is 0.308 e. The Morgan fingerprint density at radius 1 is 1.30 bits per heavy atom. The van der Waals surface area contributed by atoms with E-state index in [1.165, 1.54) is 0 Å². The monoisotopic (exact) mass is 352 g/mol. The van der Waals surface area contributed by atoms with Crippen LogP contribution in [0.4, 0.5) is 8.78 Å². The topological polar surface area (TPSA) is 89.9 Å². The maximum absolute atomic E-state index is 13.9. The van der Waals surface area contributed by atoms with Gasteiger partial charge in [-0.2, -0.15) is 8.42 Å². The summed E-state index contributed by atoms with van der Waals surface area (Å²) < 4.78 is 58.4. The molecule has 0 aliphatic heterocycles. The molecule has 0 aliphatic rings. The number of carbonyl (C=O) groups is 1. The molecular weight excluding hydrogens is 334 g/mol. The molecule has 0 bridgehead atoms. The third kappa shape index (κ3) is 5.85. The molecule has 0 saturated heterocycles. The fourth-order valence-corrected chi connectivity index (χ4v) is 2.03. The summed E-state index contributed by atoms with van der Waals surface area (Å²) in [6.45, 7) is 1.46. The van der Waals surface area contributed by atoms with Crippen molar-refractivity contribution in [1.29, 1.82) is 0 Å². The molecule has 0 aliphatic carbocycles. The zero-order valence-corrected chi connectivity index (χ0v) is 13.7. The smallest absolute Gasteiger partial charge is 0.308 e. The molecule has 1 unspecified atom stereocenters. The van der Waals surface area contributed by atoms with Gasteiger partial charge in [0.25, 0.3) is 10.1 Å². The van der Waals surface area contributed by atoms with Crippen molar-refractivity contribution in [2.75, 3.05) is 19.5 Å². The molecule has 130 valence electrons. The Balaban J connectivity index is 3.11. The van der Waals surface area contributed by atoms with Crippen LogP contribution >= 0.6 is 0 Å². The normalized spacial score (nSPS) is 14.6. The van der Waals surface area contributed by atoms with Crippen molar-refractivity contribution in [1.82, 2.24) is 0 Å². The Kier molecular flexibility index (Phi) is 6.20. The standard InChI is InChI=1S/C14H18F2O6S/c1-9(2)13(17)21-7-14(18,8-22-23(3,19)20)11-5-4-10(15)6-12(11)16/h4-6,9,18H,7-8H2,1-3H3. The lowest BCUT2D eigenvalue weighted by Gasteiger charge is -2.28. The van der Waals surface area contributed by atoms with Crippen LogP contribution in [-0.2, 0) is 29.4 Å². The molecule has 1 aromatic carbocycles. The summed E-state index contributed by atoms with van der Waals surface area (Å²) in [7, 11) is -3.94.